The summed E-state index contributed by atoms with van der Waals surface area (Å²) in [6.45, 7) is 4.07. The van der Waals surface area contributed by atoms with Gasteiger partial charge in [0.1, 0.15) is 24.4 Å². The minimum Gasteiger partial charge on any atom is -0.466 e. The number of allylic oxidation sites excluding steroid dienone is 9. The van der Waals surface area contributed by atoms with Crippen LogP contribution in [-0.4, -0.2) is 100 Å². The minimum absolute atomic E-state index is 0.00341. The van der Waals surface area contributed by atoms with Crippen molar-refractivity contribution in [2.24, 2.45) is 0 Å². The van der Waals surface area contributed by atoms with Crippen molar-refractivity contribution in [2.75, 3.05) is 19.8 Å². The molecule has 11 nitrogen and oxygen atoms in total. The van der Waals surface area contributed by atoms with E-state index in [1.165, 1.54) is 141 Å². The number of amides is 1. The molecule has 1 amide bonds. The Hall–Kier alpha value is -2.64. The number of rotatable bonds is 51. The molecule has 0 spiro atoms. The Balaban J connectivity index is 2.03. The first-order valence-electron chi connectivity index (χ1n) is 30.0. The molecule has 73 heavy (non-hydrogen) atoms. The lowest BCUT2D eigenvalue weighted by molar-refractivity contribution is -0.302. The summed E-state index contributed by atoms with van der Waals surface area (Å²) in [4.78, 5) is 25.0. The van der Waals surface area contributed by atoms with E-state index in [0.717, 1.165) is 83.5 Å². The van der Waals surface area contributed by atoms with Crippen LogP contribution >= 0.6 is 0 Å². The molecule has 7 unspecified atom stereocenters. The third kappa shape index (κ3) is 41.2. The predicted molar refractivity (Wildman–Crippen MR) is 301 cm³/mol. The van der Waals surface area contributed by atoms with Gasteiger partial charge >= 0.3 is 5.97 Å². The highest BCUT2D eigenvalue weighted by Gasteiger charge is 2.44. The summed E-state index contributed by atoms with van der Waals surface area (Å²) >= 11 is 0. The molecule has 1 fully saturated rings. The van der Waals surface area contributed by atoms with Gasteiger partial charge in [0.2, 0.25) is 5.91 Å². The molecule has 0 aromatic carbocycles. The van der Waals surface area contributed by atoms with Crippen LogP contribution < -0.4 is 5.32 Å². The summed E-state index contributed by atoms with van der Waals surface area (Å²) in [5.41, 5.74) is 0. The van der Waals surface area contributed by atoms with E-state index < -0.39 is 49.5 Å². The van der Waals surface area contributed by atoms with Gasteiger partial charge in [0.25, 0.3) is 0 Å². The van der Waals surface area contributed by atoms with Crippen molar-refractivity contribution in [3.05, 3.63) is 60.8 Å². The number of esters is 1. The number of carbonyl (C=O) groups is 2. The summed E-state index contributed by atoms with van der Waals surface area (Å²) in [6.07, 6.45) is 56.4. The quantitative estimate of drug-likeness (QED) is 0.0195. The summed E-state index contributed by atoms with van der Waals surface area (Å²) in [6, 6.07) is -0.839. The molecular weight excluding hydrogens is 919 g/mol. The number of carbonyl (C=O) groups excluding carboxylic acids is 2. The van der Waals surface area contributed by atoms with Gasteiger partial charge in [-0.1, -0.05) is 222 Å². The third-order valence-electron chi connectivity index (χ3n) is 13.9. The molecular formula is C62H111NO10. The number of aliphatic hydroxyl groups excluding tert-OH is 5. The Morgan fingerprint density at radius 2 is 0.986 bits per heavy atom. The smallest absolute Gasteiger partial charge is 0.305 e. The molecule has 0 aromatic rings. The summed E-state index contributed by atoms with van der Waals surface area (Å²) in [7, 11) is 0. The van der Waals surface area contributed by atoms with Crippen LogP contribution in [0, 0.1) is 0 Å². The molecule has 0 saturated carbocycles. The zero-order chi connectivity index (χ0) is 53.1. The standard InChI is InChI=1S/C62H111NO10/c1-3-5-7-9-11-13-29-34-38-42-46-50-58(67)71-51-47-43-39-35-31-28-26-24-22-20-18-16-14-15-17-19-21-23-25-27-30-33-37-41-45-49-57(66)63-54(55(65)48-44-40-36-32-12-10-8-6-4-2)53-72-62-61(70)60(69)59(68)56(52-64)73-62/h4,6,12,15-18,32,44,48,54-56,59-62,64-65,68-70H,3,5,7-11,13-14,19-31,33-43,45-47,49-53H2,1-2H3,(H,63,66)/b6-4+,17-15-,18-16-,32-12+,48-44+. The fraction of sp³-hybridized carbons (Fsp3) is 0.806. The molecule has 0 aliphatic carbocycles. The Labute approximate surface area is 446 Å². The molecule has 0 aromatic heterocycles. The average Bonchev–Trinajstić information content (AvgIpc) is 3.39. The lowest BCUT2D eigenvalue weighted by Crippen LogP contribution is -2.60. The van der Waals surface area contributed by atoms with Crippen LogP contribution in [0.25, 0.3) is 0 Å². The molecule has 1 rings (SSSR count). The molecule has 1 aliphatic rings. The third-order valence-corrected chi connectivity index (χ3v) is 13.9. The van der Waals surface area contributed by atoms with Gasteiger partial charge < -0.3 is 45.1 Å². The SMILES string of the molecule is C/C=C/CC/C=C/CC/C=C/C(O)C(COC1OC(CO)C(O)C(O)C1O)NC(=O)CCCCCCCCCCC/C=C\C/C=C\CCCCCCCCCCCOC(=O)CCCCCCCCCCCCC. The maximum Gasteiger partial charge on any atom is 0.305 e. The van der Waals surface area contributed by atoms with Crippen molar-refractivity contribution in [3.63, 3.8) is 0 Å². The normalized spacial score (nSPS) is 19.4. The van der Waals surface area contributed by atoms with E-state index in [2.05, 4.69) is 54.8 Å². The lowest BCUT2D eigenvalue weighted by atomic mass is 9.99. The van der Waals surface area contributed by atoms with Crippen molar-refractivity contribution in [3.8, 4) is 0 Å². The highest BCUT2D eigenvalue weighted by molar-refractivity contribution is 5.76. The van der Waals surface area contributed by atoms with Crippen molar-refractivity contribution >= 4 is 11.9 Å². The summed E-state index contributed by atoms with van der Waals surface area (Å²) in [5.74, 6) is -0.210. The molecule has 11 heteroatoms. The molecule has 1 saturated heterocycles. The number of hydrogen-bond donors (Lipinski definition) is 6. The van der Waals surface area contributed by atoms with E-state index in [4.69, 9.17) is 14.2 Å². The van der Waals surface area contributed by atoms with Crippen LogP contribution in [0.3, 0.4) is 0 Å². The van der Waals surface area contributed by atoms with Crippen molar-refractivity contribution in [1.29, 1.82) is 0 Å². The summed E-state index contributed by atoms with van der Waals surface area (Å²) < 4.78 is 16.6. The van der Waals surface area contributed by atoms with Gasteiger partial charge in [-0.2, -0.15) is 0 Å². The van der Waals surface area contributed by atoms with Gasteiger partial charge in [-0.15, -0.1) is 0 Å². The van der Waals surface area contributed by atoms with Gasteiger partial charge in [-0.05, 0) is 84.0 Å². The fourth-order valence-electron chi connectivity index (χ4n) is 9.15. The highest BCUT2D eigenvalue weighted by Crippen LogP contribution is 2.23. The second-order valence-corrected chi connectivity index (χ2v) is 20.7. The van der Waals surface area contributed by atoms with Gasteiger partial charge in [-0.3, -0.25) is 9.59 Å². The van der Waals surface area contributed by atoms with Crippen molar-refractivity contribution in [2.45, 2.75) is 301 Å². The number of aliphatic hydroxyl groups is 5. The topological polar surface area (TPSA) is 175 Å². The van der Waals surface area contributed by atoms with Gasteiger partial charge in [-0.25, -0.2) is 0 Å². The summed E-state index contributed by atoms with van der Waals surface area (Å²) in [5, 5.41) is 54.1. The highest BCUT2D eigenvalue weighted by atomic mass is 16.7. The Kier molecular flexibility index (Phi) is 48.2. The van der Waals surface area contributed by atoms with Crippen LogP contribution in [0.2, 0.25) is 0 Å². The molecule has 6 N–H and O–H groups in total. The van der Waals surface area contributed by atoms with E-state index in [9.17, 15) is 35.1 Å². The first kappa shape index (κ1) is 68.4. The lowest BCUT2D eigenvalue weighted by Gasteiger charge is -2.40. The van der Waals surface area contributed by atoms with Gasteiger partial charge in [0.05, 0.1) is 32.0 Å². The van der Waals surface area contributed by atoms with E-state index in [1.54, 1.807) is 6.08 Å². The Bertz CT molecular complexity index is 1400. The number of ether oxygens (including phenoxy) is 3. The van der Waals surface area contributed by atoms with Gasteiger partial charge in [0.15, 0.2) is 6.29 Å². The van der Waals surface area contributed by atoms with E-state index >= 15 is 0 Å². The molecule has 1 heterocycles. The van der Waals surface area contributed by atoms with E-state index in [0.29, 0.717) is 25.9 Å². The fourth-order valence-corrected chi connectivity index (χ4v) is 9.15. The molecule has 424 valence electrons. The molecule has 1 aliphatic heterocycles. The van der Waals surface area contributed by atoms with Crippen molar-refractivity contribution in [1.82, 2.24) is 5.32 Å². The minimum atomic E-state index is -1.58. The van der Waals surface area contributed by atoms with Gasteiger partial charge in [0, 0.05) is 12.8 Å². The van der Waals surface area contributed by atoms with E-state index in [-0.39, 0.29) is 18.5 Å². The molecule has 0 radical (unpaired) electrons. The molecule has 0 bridgehead atoms. The monoisotopic (exact) mass is 1030 g/mol. The number of nitrogens with one attached hydrogen (secondary N) is 1. The van der Waals surface area contributed by atoms with Crippen LogP contribution in [0.5, 0.6) is 0 Å². The Morgan fingerprint density at radius 3 is 1.51 bits per heavy atom. The van der Waals surface area contributed by atoms with Crippen molar-refractivity contribution < 1.29 is 49.3 Å². The van der Waals surface area contributed by atoms with E-state index in [1.807, 2.05) is 19.1 Å². The second kappa shape index (κ2) is 51.5. The van der Waals surface area contributed by atoms with Crippen LogP contribution in [-0.2, 0) is 23.8 Å². The number of hydrogen-bond acceptors (Lipinski definition) is 10. The number of unbranched alkanes of at least 4 members (excludes halogenated alkanes) is 30. The zero-order valence-electron chi connectivity index (χ0n) is 46.6. The van der Waals surface area contributed by atoms with Crippen LogP contribution in [0.15, 0.2) is 60.8 Å². The first-order chi connectivity index (χ1) is 35.7. The first-order valence-corrected chi connectivity index (χ1v) is 30.0. The maximum atomic E-state index is 13.0. The largest absolute Gasteiger partial charge is 0.466 e. The van der Waals surface area contributed by atoms with Crippen LogP contribution in [0.1, 0.15) is 258 Å². The molecule has 7 atom stereocenters. The Morgan fingerprint density at radius 1 is 0.534 bits per heavy atom. The average molecular weight is 1030 g/mol. The van der Waals surface area contributed by atoms with Crippen LogP contribution in [0.4, 0.5) is 0 Å². The predicted octanol–water partition coefficient (Wildman–Crippen LogP) is 13.8. The second-order valence-electron chi connectivity index (χ2n) is 20.7. The zero-order valence-corrected chi connectivity index (χ0v) is 46.6. The maximum absolute atomic E-state index is 13.0.